The van der Waals surface area contributed by atoms with Gasteiger partial charge in [-0.3, -0.25) is 4.79 Å². The number of aromatic nitrogens is 1. The molecule has 1 aromatic carbocycles. The van der Waals surface area contributed by atoms with Gasteiger partial charge in [-0.05, 0) is 37.5 Å². The maximum absolute atomic E-state index is 12.3. The third-order valence-electron chi connectivity index (χ3n) is 4.86. The molecule has 0 unspecified atom stereocenters. The molecule has 3 heterocycles. The van der Waals surface area contributed by atoms with E-state index in [0.29, 0.717) is 11.3 Å². The summed E-state index contributed by atoms with van der Waals surface area (Å²) in [6.07, 6.45) is 4.91. The van der Waals surface area contributed by atoms with Crippen molar-refractivity contribution in [3.05, 3.63) is 53.7 Å². The normalized spacial score (nSPS) is 19.0. The first kappa shape index (κ1) is 16.6. The molecular weight excluding hydrogens is 330 g/mol. The number of hydrogen-bond donors (Lipinski definition) is 1. The Hall–Kier alpha value is -2.89. The number of benzene rings is 1. The fourth-order valence-electron chi connectivity index (χ4n) is 3.52. The van der Waals surface area contributed by atoms with Gasteiger partial charge in [0, 0.05) is 18.7 Å². The van der Waals surface area contributed by atoms with Gasteiger partial charge >= 0.3 is 5.97 Å². The summed E-state index contributed by atoms with van der Waals surface area (Å²) in [5.74, 6) is 0.374. The molecule has 1 atom stereocenters. The van der Waals surface area contributed by atoms with Crippen molar-refractivity contribution in [2.45, 2.75) is 31.8 Å². The Morgan fingerprint density at radius 3 is 2.73 bits per heavy atom. The van der Waals surface area contributed by atoms with Crippen LogP contribution in [0, 0.1) is 0 Å². The van der Waals surface area contributed by atoms with Gasteiger partial charge in [-0.1, -0.05) is 18.2 Å². The molecule has 2 aromatic rings. The fraction of sp³-hybridized carbons (Fsp3) is 0.350. The Bertz CT molecular complexity index is 813. The molecule has 6 nitrogen and oxygen atoms in total. The van der Waals surface area contributed by atoms with Crippen molar-refractivity contribution in [1.29, 1.82) is 0 Å². The third-order valence-corrected chi connectivity index (χ3v) is 4.86. The maximum atomic E-state index is 12.3. The van der Waals surface area contributed by atoms with Crippen LogP contribution in [0.1, 0.15) is 47.7 Å². The molecule has 26 heavy (non-hydrogen) atoms. The highest BCUT2D eigenvalue weighted by Crippen LogP contribution is 2.33. The molecule has 1 aromatic heterocycles. The number of hydrogen-bond acceptors (Lipinski definition) is 5. The van der Waals surface area contributed by atoms with E-state index < -0.39 is 6.10 Å². The minimum absolute atomic E-state index is 0.0939. The SMILES string of the molecule is O=C(C[C@H]1OC(=O)c2ccccc21)Nc1ccc(N2CCCCC2)nc1. The van der Waals surface area contributed by atoms with Gasteiger partial charge in [0.2, 0.25) is 5.91 Å². The second kappa shape index (κ2) is 7.15. The van der Waals surface area contributed by atoms with E-state index in [1.807, 2.05) is 24.3 Å². The van der Waals surface area contributed by atoms with Crippen LogP contribution in [0.15, 0.2) is 42.6 Å². The predicted octanol–water partition coefficient (Wildman–Crippen LogP) is 3.31. The summed E-state index contributed by atoms with van der Waals surface area (Å²) in [7, 11) is 0. The Balaban J connectivity index is 1.37. The number of rotatable bonds is 4. The second-order valence-electron chi connectivity index (χ2n) is 6.69. The van der Waals surface area contributed by atoms with Crippen LogP contribution >= 0.6 is 0 Å². The molecule has 2 aliphatic rings. The number of anilines is 2. The molecule has 6 heteroatoms. The second-order valence-corrected chi connectivity index (χ2v) is 6.69. The molecule has 1 N–H and O–H groups in total. The molecule has 4 rings (SSSR count). The lowest BCUT2D eigenvalue weighted by Gasteiger charge is -2.27. The fourth-order valence-corrected chi connectivity index (χ4v) is 3.52. The Morgan fingerprint density at radius 2 is 1.96 bits per heavy atom. The summed E-state index contributed by atoms with van der Waals surface area (Å²) >= 11 is 0. The van der Waals surface area contributed by atoms with Crippen LogP contribution in [0.4, 0.5) is 11.5 Å². The van der Waals surface area contributed by atoms with Crippen LogP contribution in [0.5, 0.6) is 0 Å². The monoisotopic (exact) mass is 351 g/mol. The minimum atomic E-state index is -0.528. The number of pyridine rings is 1. The van der Waals surface area contributed by atoms with E-state index in [1.54, 1.807) is 18.3 Å². The lowest BCUT2D eigenvalue weighted by atomic mass is 10.0. The van der Waals surface area contributed by atoms with Crippen molar-refractivity contribution in [2.24, 2.45) is 0 Å². The highest BCUT2D eigenvalue weighted by atomic mass is 16.5. The smallest absolute Gasteiger partial charge is 0.339 e. The van der Waals surface area contributed by atoms with Gasteiger partial charge in [-0.15, -0.1) is 0 Å². The standard InChI is InChI=1S/C20H21N3O3/c24-19(12-17-15-6-2-3-7-16(15)20(25)26-17)22-14-8-9-18(21-13-14)23-10-4-1-5-11-23/h2-3,6-9,13,17H,1,4-5,10-12H2,(H,22,24)/t17-/m1/s1. The zero-order valence-electron chi connectivity index (χ0n) is 14.5. The van der Waals surface area contributed by atoms with Crippen LogP contribution in [-0.4, -0.2) is 29.9 Å². The van der Waals surface area contributed by atoms with Crippen LogP contribution in [0.3, 0.4) is 0 Å². The number of amides is 1. The molecule has 2 aliphatic heterocycles. The van der Waals surface area contributed by atoms with Crippen molar-refractivity contribution < 1.29 is 14.3 Å². The number of cyclic esters (lactones) is 1. The first-order chi connectivity index (χ1) is 12.7. The number of carbonyl (C=O) groups excluding carboxylic acids is 2. The summed E-state index contributed by atoms with van der Waals surface area (Å²) < 4.78 is 5.32. The number of nitrogens with one attached hydrogen (secondary N) is 1. The van der Waals surface area contributed by atoms with Crippen molar-refractivity contribution in [2.75, 3.05) is 23.3 Å². The van der Waals surface area contributed by atoms with Gasteiger partial charge in [0.15, 0.2) is 0 Å². The summed E-state index contributed by atoms with van der Waals surface area (Å²) in [5.41, 5.74) is 1.96. The average molecular weight is 351 g/mol. The van der Waals surface area contributed by atoms with Crippen LogP contribution < -0.4 is 10.2 Å². The topological polar surface area (TPSA) is 71.5 Å². The molecule has 0 spiro atoms. The van der Waals surface area contributed by atoms with E-state index in [1.165, 1.54) is 19.3 Å². The number of piperidine rings is 1. The van der Waals surface area contributed by atoms with Crippen LogP contribution in [0.2, 0.25) is 0 Å². The van der Waals surface area contributed by atoms with Crippen LogP contribution in [-0.2, 0) is 9.53 Å². The molecular formula is C20H21N3O3. The molecule has 0 radical (unpaired) electrons. The number of nitrogens with zero attached hydrogens (tertiary/aromatic N) is 2. The van der Waals surface area contributed by atoms with Gasteiger partial charge in [0.1, 0.15) is 11.9 Å². The number of fused-ring (bicyclic) bond motifs is 1. The van der Waals surface area contributed by atoms with Crippen molar-refractivity contribution in [3.8, 4) is 0 Å². The van der Waals surface area contributed by atoms with Gasteiger partial charge < -0.3 is 15.0 Å². The van der Waals surface area contributed by atoms with E-state index in [-0.39, 0.29) is 18.3 Å². The molecule has 1 amide bonds. The van der Waals surface area contributed by atoms with Gasteiger partial charge in [0.25, 0.3) is 0 Å². The molecule has 0 aliphatic carbocycles. The Morgan fingerprint density at radius 1 is 1.15 bits per heavy atom. The first-order valence-electron chi connectivity index (χ1n) is 9.01. The largest absolute Gasteiger partial charge is 0.453 e. The van der Waals surface area contributed by atoms with Crippen LogP contribution in [0.25, 0.3) is 0 Å². The van der Waals surface area contributed by atoms with Crippen molar-refractivity contribution in [3.63, 3.8) is 0 Å². The van der Waals surface area contributed by atoms with Crippen molar-refractivity contribution in [1.82, 2.24) is 4.98 Å². The minimum Gasteiger partial charge on any atom is -0.453 e. The van der Waals surface area contributed by atoms with Crippen molar-refractivity contribution >= 4 is 23.4 Å². The summed E-state index contributed by atoms with van der Waals surface area (Å²) in [6, 6.07) is 11.0. The zero-order chi connectivity index (χ0) is 17.9. The van der Waals surface area contributed by atoms with E-state index >= 15 is 0 Å². The summed E-state index contributed by atoms with van der Waals surface area (Å²) in [4.78, 5) is 30.9. The Labute approximate surface area is 152 Å². The maximum Gasteiger partial charge on any atom is 0.339 e. The van der Waals surface area contributed by atoms with E-state index in [4.69, 9.17) is 4.74 Å². The highest BCUT2D eigenvalue weighted by molar-refractivity contribution is 5.96. The van der Waals surface area contributed by atoms with Gasteiger partial charge in [-0.2, -0.15) is 0 Å². The third kappa shape index (κ3) is 3.40. The zero-order valence-corrected chi connectivity index (χ0v) is 14.5. The number of carbonyl (C=O) groups is 2. The number of esters is 1. The molecule has 0 saturated carbocycles. The lowest BCUT2D eigenvalue weighted by molar-refractivity contribution is -0.118. The molecule has 1 fully saturated rings. The quantitative estimate of drug-likeness (QED) is 0.856. The number of ether oxygens (including phenoxy) is 1. The summed E-state index contributed by atoms with van der Waals surface area (Å²) in [5, 5.41) is 2.83. The van der Waals surface area contributed by atoms with Gasteiger partial charge in [-0.25, -0.2) is 9.78 Å². The van der Waals surface area contributed by atoms with E-state index in [9.17, 15) is 9.59 Å². The molecule has 0 bridgehead atoms. The molecule has 1 saturated heterocycles. The summed E-state index contributed by atoms with van der Waals surface area (Å²) in [6.45, 7) is 2.07. The van der Waals surface area contributed by atoms with E-state index in [2.05, 4.69) is 15.2 Å². The lowest BCUT2D eigenvalue weighted by Crippen LogP contribution is -2.30. The highest BCUT2D eigenvalue weighted by Gasteiger charge is 2.32. The average Bonchev–Trinajstić information content (AvgIpc) is 2.99. The Kier molecular flexibility index (Phi) is 4.56. The first-order valence-corrected chi connectivity index (χ1v) is 9.01. The van der Waals surface area contributed by atoms with Gasteiger partial charge in [0.05, 0.1) is 23.9 Å². The molecule has 134 valence electrons. The predicted molar refractivity (Wildman–Crippen MR) is 98.1 cm³/mol. The van der Waals surface area contributed by atoms with E-state index in [0.717, 1.165) is 24.5 Å².